The Labute approximate surface area is 219 Å². The van der Waals surface area contributed by atoms with Crippen LogP contribution in [-0.2, 0) is 0 Å². The maximum Gasteiger partial charge on any atom is 0.255 e. The normalized spacial score (nSPS) is 11.3. The second-order valence-electron chi connectivity index (χ2n) is 8.62. The minimum atomic E-state index is -0.203. The number of H-pyrrole nitrogens is 2. The zero-order valence-electron chi connectivity index (χ0n) is 19.7. The van der Waals surface area contributed by atoms with E-state index in [0.717, 1.165) is 33.1 Å². The molecule has 0 radical (unpaired) electrons. The zero-order valence-corrected chi connectivity index (χ0v) is 20.5. The van der Waals surface area contributed by atoms with Crippen LogP contribution < -0.4 is 5.32 Å². The van der Waals surface area contributed by atoms with E-state index in [1.165, 1.54) is 0 Å². The fourth-order valence-corrected chi connectivity index (χ4v) is 5.03. The summed E-state index contributed by atoms with van der Waals surface area (Å²) in [5, 5.41) is 15.5. The van der Waals surface area contributed by atoms with Gasteiger partial charge in [-0.05, 0) is 52.7 Å². The quantitative estimate of drug-likeness (QED) is 0.261. The number of nitrogens with zero attached hydrogens (tertiary/aromatic N) is 5. The number of benzene rings is 1. The second kappa shape index (κ2) is 9.02. The molecule has 6 heterocycles. The molecule has 182 valence electrons. The minimum absolute atomic E-state index is 0.203. The van der Waals surface area contributed by atoms with Crippen LogP contribution in [0.25, 0.3) is 56.0 Å². The SMILES string of the molecule is O=C(Nc1cncc(-c2cc3c(-c4nc5c(-c6ccsc6)ccnc5[nH]4)n[nH]c3cn2)c1)c1ccccc1. The number of pyridine rings is 3. The molecule has 6 aromatic heterocycles. The number of imidazole rings is 1. The molecule has 0 saturated heterocycles. The van der Waals surface area contributed by atoms with Crippen molar-refractivity contribution in [2.24, 2.45) is 0 Å². The van der Waals surface area contributed by atoms with Crippen LogP contribution in [-0.4, -0.2) is 41.0 Å². The molecular formula is C28H18N8OS. The van der Waals surface area contributed by atoms with Gasteiger partial charge in [0.1, 0.15) is 11.2 Å². The Kier molecular flexibility index (Phi) is 5.22. The summed E-state index contributed by atoms with van der Waals surface area (Å²) in [6.07, 6.45) is 6.83. The lowest BCUT2D eigenvalue weighted by Crippen LogP contribution is -2.11. The van der Waals surface area contributed by atoms with E-state index < -0.39 is 0 Å². The van der Waals surface area contributed by atoms with Gasteiger partial charge in [0.05, 0.1) is 29.3 Å². The van der Waals surface area contributed by atoms with Crippen molar-refractivity contribution in [3.8, 4) is 33.9 Å². The number of aromatic nitrogens is 7. The number of anilines is 1. The molecule has 1 amide bonds. The highest BCUT2D eigenvalue weighted by molar-refractivity contribution is 7.08. The summed E-state index contributed by atoms with van der Waals surface area (Å²) in [6.45, 7) is 0. The largest absolute Gasteiger partial charge is 0.321 e. The predicted octanol–water partition coefficient (Wildman–Crippen LogP) is 5.94. The Hall–Kier alpha value is -5.22. The maximum absolute atomic E-state index is 12.6. The first-order valence-corrected chi connectivity index (χ1v) is 12.7. The molecule has 10 heteroatoms. The van der Waals surface area contributed by atoms with E-state index >= 15 is 0 Å². The number of amides is 1. The smallest absolute Gasteiger partial charge is 0.255 e. The van der Waals surface area contributed by atoms with Crippen LogP contribution in [0, 0.1) is 0 Å². The van der Waals surface area contributed by atoms with Crippen LogP contribution in [0.4, 0.5) is 5.69 Å². The van der Waals surface area contributed by atoms with Gasteiger partial charge in [-0.2, -0.15) is 16.4 Å². The van der Waals surface area contributed by atoms with E-state index in [1.54, 1.807) is 48.3 Å². The Balaban J connectivity index is 1.25. The summed E-state index contributed by atoms with van der Waals surface area (Å²) < 4.78 is 0. The molecule has 1 aromatic carbocycles. The van der Waals surface area contributed by atoms with E-state index in [0.29, 0.717) is 34.1 Å². The van der Waals surface area contributed by atoms with Crippen molar-refractivity contribution in [3.63, 3.8) is 0 Å². The number of rotatable bonds is 5. The highest BCUT2D eigenvalue weighted by Gasteiger charge is 2.17. The van der Waals surface area contributed by atoms with Gasteiger partial charge >= 0.3 is 0 Å². The average Bonchev–Trinajstić information content (AvgIpc) is 3.73. The van der Waals surface area contributed by atoms with Crippen LogP contribution in [0.15, 0.2) is 90.1 Å². The number of hydrogen-bond donors (Lipinski definition) is 3. The summed E-state index contributed by atoms with van der Waals surface area (Å²) in [7, 11) is 0. The summed E-state index contributed by atoms with van der Waals surface area (Å²) in [4.78, 5) is 34.2. The topological polar surface area (TPSA) is 125 Å². The number of hydrogen-bond acceptors (Lipinski definition) is 7. The number of carbonyl (C=O) groups is 1. The molecule has 0 saturated carbocycles. The van der Waals surface area contributed by atoms with Crippen LogP contribution in [0.1, 0.15) is 10.4 Å². The van der Waals surface area contributed by atoms with E-state index in [-0.39, 0.29) is 5.91 Å². The van der Waals surface area contributed by atoms with E-state index in [9.17, 15) is 4.79 Å². The molecule has 3 N–H and O–H groups in total. The van der Waals surface area contributed by atoms with E-state index in [4.69, 9.17) is 4.98 Å². The highest BCUT2D eigenvalue weighted by Crippen LogP contribution is 2.32. The lowest BCUT2D eigenvalue weighted by molar-refractivity contribution is 0.102. The number of carbonyl (C=O) groups excluding carboxylic acids is 1. The third kappa shape index (κ3) is 3.89. The molecule has 7 aromatic rings. The molecular weight excluding hydrogens is 496 g/mol. The number of thiophene rings is 1. The van der Waals surface area contributed by atoms with Gasteiger partial charge in [-0.3, -0.25) is 19.9 Å². The summed E-state index contributed by atoms with van der Waals surface area (Å²) in [5.74, 6) is 0.408. The minimum Gasteiger partial charge on any atom is -0.321 e. The fraction of sp³-hybridized carbons (Fsp3) is 0. The fourth-order valence-electron chi connectivity index (χ4n) is 4.37. The summed E-state index contributed by atoms with van der Waals surface area (Å²) >= 11 is 1.64. The number of nitrogens with one attached hydrogen (secondary N) is 3. The van der Waals surface area contributed by atoms with Gasteiger partial charge in [0.25, 0.3) is 5.91 Å². The molecule has 0 aliphatic heterocycles. The first-order valence-electron chi connectivity index (χ1n) is 11.8. The average molecular weight is 515 g/mol. The van der Waals surface area contributed by atoms with Gasteiger partial charge in [0.2, 0.25) is 0 Å². The summed E-state index contributed by atoms with van der Waals surface area (Å²) in [5.41, 5.74) is 7.64. The Morgan fingerprint density at radius 3 is 2.74 bits per heavy atom. The van der Waals surface area contributed by atoms with E-state index in [1.807, 2.05) is 41.8 Å². The number of fused-ring (bicyclic) bond motifs is 2. The molecule has 0 fully saturated rings. The van der Waals surface area contributed by atoms with Gasteiger partial charge in [0, 0.05) is 34.5 Å². The Morgan fingerprint density at radius 1 is 0.947 bits per heavy atom. The maximum atomic E-state index is 12.6. The van der Waals surface area contributed by atoms with Crippen molar-refractivity contribution in [2.75, 3.05) is 5.32 Å². The Morgan fingerprint density at radius 2 is 1.87 bits per heavy atom. The van der Waals surface area contributed by atoms with Crippen molar-refractivity contribution in [2.45, 2.75) is 0 Å². The van der Waals surface area contributed by atoms with Crippen molar-refractivity contribution in [1.82, 2.24) is 35.1 Å². The molecule has 0 aliphatic carbocycles. The van der Waals surface area contributed by atoms with Crippen molar-refractivity contribution in [1.29, 1.82) is 0 Å². The molecule has 0 spiro atoms. The monoisotopic (exact) mass is 514 g/mol. The molecule has 0 unspecified atom stereocenters. The van der Waals surface area contributed by atoms with Crippen LogP contribution in [0.3, 0.4) is 0 Å². The molecule has 0 atom stereocenters. The Bertz CT molecular complexity index is 1930. The third-order valence-corrected chi connectivity index (χ3v) is 6.90. The van der Waals surface area contributed by atoms with Gasteiger partial charge in [-0.1, -0.05) is 18.2 Å². The zero-order chi connectivity index (χ0) is 25.5. The van der Waals surface area contributed by atoms with Gasteiger partial charge in [-0.25, -0.2) is 9.97 Å². The standard InChI is InChI=1S/C28H18N8OS/c37-28(16-4-2-1-3-5-16)32-19-10-18(12-29-13-19)22-11-21-23(14-31-22)35-36-25(21)27-33-24-20(17-7-9-38-15-17)6-8-30-26(24)34-27/h1-15H,(H,32,37)(H,35,36)(H,30,33,34). The molecule has 38 heavy (non-hydrogen) atoms. The first-order chi connectivity index (χ1) is 18.7. The third-order valence-electron chi connectivity index (χ3n) is 6.22. The van der Waals surface area contributed by atoms with Crippen LogP contribution >= 0.6 is 11.3 Å². The highest BCUT2D eigenvalue weighted by atomic mass is 32.1. The second-order valence-corrected chi connectivity index (χ2v) is 9.40. The lowest BCUT2D eigenvalue weighted by atomic mass is 10.1. The molecule has 9 nitrogen and oxygen atoms in total. The van der Waals surface area contributed by atoms with Crippen molar-refractivity contribution in [3.05, 3.63) is 95.7 Å². The molecule has 7 rings (SSSR count). The van der Waals surface area contributed by atoms with Crippen LogP contribution in [0.2, 0.25) is 0 Å². The number of aromatic amines is 2. The predicted molar refractivity (Wildman–Crippen MR) is 148 cm³/mol. The van der Waals surface area contributed by atoms with Crippen LogP contribution in [0.5, 0.6) is 0 Å². The van der Waals surface area contributed by atoms with Crippen molar-refractivity contribution < 1.29 is 4.79 Å². The van der Waals surface area contributed by atoms with Crippen molar-refractivity contribution >= 4 is 45.0 Å². The molecule has 0 aliphatic rings. The first kappa shape index (κ1) is 22.0. The van der Waals surface area contributed by atoms with Gasteiger partial charge in [0.15, 0.2) is 11.5 Å². The van der Waals surface area contributed by atoms with Gasteiger partial charge in [-0.15, -0.1) is 0 Å². The lowest BCUT2D eigenvalue weighted by Gasteiger charge is -2.07. The summed E-state index contributed by atoms with van der Waals surface area (Å²) in [6, 6.07) is 16.9. The van der Waals surface area contributed by atoms with Gasteiger partial charge < -0.3 is 10.3 Å². The molecule has 0 bridgehead atoms. The van der Waals surface area contributed by atoms with E-state index in [2.05, 4.69) is 46.9 Å².